The molecule has 0 fully saturated rings. The molecular weight excluding hydrogens is 669 g/mol. The summed E-state index contributed by atoms with van der Waals surface area (Å²) in [5.41, 5.74) is 17.2. The Hall–Kier alpha value is -5.29. The zero-order valence-corrected chi connectivity index (χ0v) is 33.6. The quantitative estimate of drug-likeness (QED) is 0.123. The monoisotopic (exact) mass is 720 g/mol. The summed E-state index contributed by atoms with van der Waals surface area (Å²) >= 11 is 1.94. The van der Waals surface area contributed by atoms with Gasteiger partial charge in [-0.15, -0.1) is 11.8 Å². The van der Waals surface area contributed by atoms with Crippen molar-refractivity contribution in [2.24, 2.45) is 0 Å². The minimum atomic E-state index is 0.0314. The molecule has 0 bridgehead atoms. The number of hydrogen-bond acceptors (Lipinski definition) is 1. The van der Waals surface area contributed by atoms with E-state index in [0.29, 0.717) is 5.25 Å². The molecule has 0 amide bonds. The molecular formula is C53H52S. The summed E-state index contributed by atoms with van der Waals surface area (Å²) in [7, 11) is 0. The van der Waals surface area contributed by atoms with Crippen molar-refractivity contribution in [1.82, 2.24) is 0 Å². The van der Waals surface area contributed by atoms with E-state index in [-0.39, 0.29) is 5.41 Å². The van der Waals surface area contributed by atoms with Crippen molar-refractivity contribution in [3.63, 3.8) is 0 Å². The van der Waals surface area contributed by atoms with Crippen molar-refractivity contribution in [3.05, 3.63) is 208 Å². The minimum absolute atomic E-state index is 0.0314. The van der Waals surface area contributed by atoms with Crippen LogP contribution in [0.5, 0.6) is 0 Å². The van der Waals surface area contributed by atoms with E-state index in [2.05, 4.69) is 187 Å². The van der Waals surface area contributed by atoms with Crippen LogP contribution >= 0.6 is 11.8 Å². The molecule has 1 atom stereocenters. The number of benzene rings is 4. The van der Waals surface area contributed by atoms with Gasteiger partial charge in [0.2, 0.25) is 0 Å². The van der Waals surface area contributed by atoms with Gasteiger partial charge in [-0.3, -0.25) is 0 Å². The second-order valence-corrected chi connectivity index (χ2v) is 16.2. The van der Waals surface area contributed by atoms with Crippen molar-refractivity contribution in [1.29, 1.82) is 0 Å². The average Bonchev–Trinajstić information content (AvgIpc) is 3.37. The minimum Gasteiger partial charge on any atom is -0.118 e. The highest BCUT2D eigenvalue weighted by molar-refractivity contribution is 8.00. The molecule has 54 heavy (non-hydrogen) atoms. The predicted octanol–water partition coefficient (Wildman–Crippen LogP) is 14.7. The molecule has 4 aromatic carbocycles. The molecule has 0 aliphatic heterocycles. The van der Waals surface area contributed by atoms with E-state index in [1.807, 2.05) is 36.0 Å². The van der Waals surface area contributed by atoms with Gasteiger partial charge in [-0.2, -0.15) is 0 Å². The summed E-state index contributed by atoms with van der Waals surface area (Å²) in [5, 5.41) is 0.429. The van der Waals surface area contributed by atoms with E-state index in [0.717, 1.165) is 19.3 Å². The Morgan fingerprint density at radius 1 is 0.852 bits per heavy atom. The molecule has 0 radical (unpaired) electrons. The number of rotatable bonds is 9. The van der Waals surface area contributed by atoms with E-state index in [9.17, 15) is 0 Å². The molecule has 0 nitrogen and oxygen atoms in total. The third-order valence-electron chi connectivity index (χ3n) is 10.8. The van der Waals surface area contributed by atoms with Gasteiger partial charge >= 0.3 is 0 Å². The van der Waals surface area contributed by atoms with Crippen LogP contribution < -0.4 is 0 Å². The second kappa shape index (κ2) is 17.7. The van der Waals surface area contributed by atoms with Gasteiger partial charge in [0.1, 0.15) is 0 Å². The van der Waals surface area contributed by atoms with E-state index in [4.69, 9.17) is 0 Å². The molecule has 0 N–H and O–H groups in total. The van der Waals surface area contributed by atoms with Gasteiger partial charge < -0.3 is 0 Å². The molecule has 0 saturated carbocycles. The summed E-state index contributed by atoms with van der Waals surface area (Å²) in [6, 6.07) is 38.6. The summed E-state index contributed by atoms with van der Waals surface area (Å²) in [6.07, 6.45) is 18.2. The zero-order valence-electron chi connectivity index (χ0n) is 32.7. The summed E-state index contributed by atoms with van der Waals surface area (Å²) in [4.78, 5) is 1.30. The Morgan fingerprint density at radius 2 is 1.50 bits per heavy atom. The molecule has 0 saturated heterocycles. The van der Waals surface area contributed by atoms with Crippen molar-refractivity contribution < 1.29 is 0 Å². The Morgan fingerprint density at radius 3 is 2.11 bits per heavy atom. The highest BCUT2D eigenvalue weighted by atomic mass is 32.2. The fourth-order valence-corrected chi connectivity index (χ4v) is 8.52. The van der Waals surface area contributed by atoms with Crippen LogP contribution in [0, 0.1) is 11.8 Å². The highest BCUT2D eigenvalue weighted by Crippen LogP contribution is 2.49. The summed E-state index contributed by atoms with van der Waals surface area (Å²) in [5.74, 6) is 6.26. The number of fused-ring (bicyclic) bond motifs is 1. The molecule has 270 valence electrons. The fraction of sp³-hybridized carbons (Fsp3) is 0.208. The van der Waals surface area contributed by atoms with Crippen LogP contribution in [0.1, 0.15) is 77.5 Å². The third kappa shape index (κ3) is 8.90. The standard InChI is InChI=1S/C41H42S.C12H10/c1-8-36(38(28(2)3)27-29(4)40-30(5)41(6,7)39-18-14-13-17-37(39)40)33-21-25-35(26-22-33)42-34-23-19-32(20-24-34)31-15-11-9-10-12-16-31;1-3-7-11(8-4-1)12-9-5-2-6-10-12/h8-9,11,13-15,17-25,35H,4,16,26-27H2,1-3,5-7H3;1-10H/b36-8-;. The molecule has 3 aliphatic carbocycles. The number of allylic oxidation sites excluding steroid dienone is 14. The van der Waals surface area contributed by atoms with Crippen LogP contribution in [-0.4, -0.2) is 5.25 Å². The van der Waals surface area contributed by atoms with Gasteiger partial charge in [0, 0.05) is 22.0 Å². The number of hydrogen-bond donors (Lipinski definition) is 0. The van der Waals surface area contributed by atoms with Gasteiger partial charge in [-0.25, -0.2) is 0 Å². The maximum absolute atomic E-state index is 4.66. The van der Waals surface area contributed by atoms with E-state index < -0.39 is 0 Å². The Bertz CT molecular complexity index is 2230. The Labute approximate surface area is 329 Å². The lowest BCUT2D eigenvalue weighted by atomic mass is 9.81. The van der Waals surface area contributed by atoms with Crippen molar-refractivity contribution in [3.8, 4) is 23.0 Å². The largest absolute Gasteiger partial charge is 0.118 e. The first-order valence-corrected chi connectivity index (χ1v) is 20.0. The van der Waals surface area contributed by atoms with E-state index in [1.165, 1.54) is 77.3 Å². The van der Waals surface area contributed by atoms with Crippen molar-refractivity contribution in [2.45, 2.75) is 76.4 Å². The first-order chi connectivity index (χ1) is 26.2. The van der Waals surface area contributed by atoms with Crippen molar-refractivity contribution >= 4 is 22.9 Å². The SMILES string of the molecule is C=C(CC(=C(C)C)/C(=C\C)C1=CCC(Sc2ccc(C3=CC=CC#CC3)cc2)C=C1)C1=C(C)C(C)(C)c2ccccc21.c1ccc(-c2ccccc2)cc1. The van der Waals surface area contributed by atoms with Gasteiger partial charge in [0.05, 0.1) is 0 Å². The van der Waals surface area contributed by atoms with Gasteiger partial charge in [-0.05, 0) is 120 Å². The normalized spacial score (nSPS) is 16.9. The lowest BCUT2D eigenvalue weighted by Crippen LogP contribution is -2.15. The maximum atomic E-state index is 4.66. The van der Waals surface area contributed by atoms with Crippen LogP contribution in [0.4, 0.5) is 0 Å². The zero-order chi connectivity index (χ0) is 38.1. The second-order valence-electron chi connectivity index (χ2n) is 14.8. The topological polar surface area (TPSA) is 0 Å². The predicted molar refractivity (Wildman–Crippen MR) is 237 cm³/mol. The van der Waals surface area contributed by atoms with Crippen LogP contribution in [0.2, 0.25) is 0 Å². The maximum Gasteiger partial charge on any atom is 0.0349 e. The smallest absolute Gasteiger partial charge is 0.0349 e. The van der Waals surface area contributed by atoms with Crippen molar-refractivity contribution in [2.75, 3.05) is 0 Å². The fourth-order valence-electron chi connectivity index (χ4n) is 7.52. The van der Waals surface area contributed by atoms with E-state index >= 15 is 0 Å². The Kier molecular flexibility index (Phi) is 12.6. The molecule has 1 unspecified atom stereocenters. The van der Waals surface area contributed by atoms with Gasteiger partial charge in [0.15, 0.2) is 0 Å². The highest BCUT2D eigenvalue weighted by Gasteiger charge is 2.35. The average molecular weight is 721 g/mol. The lowest BCUT2D eigenvalue weighted by Gasteiger charge is -2.23. The van der Waals surface area contributed by atoms with Crippen LogP contribution in [0.15, 0.2) is 197 Å². The number of thioether (sulfide) groups is 1. The molecule has 0 aromatic heterocycles. The molecule has 1 heteroatoms. The van der Waals surface area contributed by atoms with E-state index in [1.54, 1.807) is 0 Å². The molecule has 4 aromatic rings. The first kappa shape index (κ1) is 38.4. The summed E-state index contributed by atoms with van der Waals surface area (Å²) < 4.78 is 0. The van der Waals surface area contributed by atoms with Gasteiger partial charge in [-0.1, -0.05) is 177 Å². The molecule has 0 spiro atoms. The Balaban J connectivity index is 0.000000349. The summed E-state index contributed by atoms with van der Waals surface area (Å²) in [6.45, 7) is 18.3. The molecule has 0 heterocycles. The van der Waals surface area contributed by atoms with Crippen LogP contribution in [0.3, 0.4) is 0 Å². The first-order valence-electron chi connectivity index (χ1n) is 19.1. The van der Waals surface area contributed by atoms with Crippen LogP contribution in [-0.2, 0) is 5.41 Å². The van der Waals surface area contributed by atoms with Crippen LogP contribution in [0.25, 0.3) is 22.3 Å². The molecule has 3 aliphatic rings. The third-order valence-corrected chi connectivity index (χ3v) is 12.0. The molecule has 7 rings (SSSR count). The van der Waals surface area contributed by atoms with Gasteiger partial charge in [0.25, 0.3) is 0 Å². The lowest BCUT2D eigenvalue weighted by molar-refractivity contribution is 0.639.